The molecular weight excluding hydrogens is 258 g/mol. The van der Waals surface area contributed by atoms with Crippen molar-refractivity contribution < 1.29 is 14.3 Å². The Morgan fingerprint density at radius 1 is 1.30 bits per heavy atom. The van der Waals surface area contributed by atoms with E-state index in [0.29, 0.717) is 0 Å². The monoisotopic (exact) mass is 285 g/mol. The van der Waals surface area contributed by atoms with Crippen molar-refractivity contribution in [2.24, 2.45) is 5.92 Å². The molecule has 2 amide bonds. The molecule has 1 heterocycles. The van der Waals surface area contributed by atoms with Gasteiger partial charge in [0.2, 0.25) is 0 Å². The van der Waals surface area contributed by atoms with Crippen LogP contribution in [-0.2, 0) is 9.53 Å². The van der Waals surface area contributed by atoms with Crippen molar-refractivity contribution in [2.45, 2.75) is 38.8 Å². The van der Waals surface area contributed by atoms with E-state index in [4.69, 9.17) is 4.74 Å². The quantitative estimate of drug-likeness (QED) is 0.780. The first kappa shape index (κ1) is 16.8. The van der Waals surface area contributed by atoms with Gasteiger partial charge in [0.15, 0.2) is 0 Å². The number of carbonyl (C=O) groups excluding carboxylic acids is 2. The third kappa shape index (κ3) is 3.85. The Labute approximate surface area is 121 Å². The molecule has 0 aromatic rings. The Hall–Kier alpha value is -1.30. The first-order valence-electron chi connectivity index (χ1n) is 7.18. The van der Waals surface area contributed by atoms with Gasteiger partial charge in [0.1, 0.15) is 6.04 Å². The Morgan fingerprint density at radius 2 is 1.95 bits per heavy atom. The van der Waals surface area contributed by atoms with Crippen LogP contribution in [0.5, 0.6) is 0 Å². The van der Waals surface area contributed by atoms with Gasteiger partial charge in [-0.2, -0.15) is 0 Å². The molecule has 0 saturated carbocycles. The predicted molar refractivity (Wildman–Crippen MR) is 77.5 cm³/mol. The van der Waals surface area contributed by atoms with Crippen LogP contribution in [0.1, 0.15) is 26.7 Å². The largest absolute Gasteiger partial charge is 0.467 e. The third-order valence-electron chi connectivity index (χ3n) is 3.91. The molecule has 0 radical (unpaired) electrons. The zero-order chi connectivity index (χ0) is 15.3. The van der Waals surface area contributed by atoms with E-state index in [1.807, 2.05) is 13.8 Å². The minimum atomic E-state index is -0.550. The number of carbonyl (C=O) groups is 2. The van der Waals surface area contributed by atoms with E-state index in [-0.39, 0.29) is 24.0 Å². The normalized spacial score (nSPS) is 20.4. The van der Waals surface area contributed by atoms with E-state index >= 15 is 0 Å². The van der Waals surface area contributed by atoms with Gasteiger partial charge in [-0.3, -0.25) is 0 Å². The van der Waals surface area contributed by atoms with E-state index in [1.54, 1.807) is 19.0 Å². The maximum absolute atomic E-state index is 12.5. The molecule has 20 heavy (non-hydrogen) atoms. The highest BCUT2D eigenvalue weighted by Gasteiger charge is 2.34. The van der Waals surface area contributed by atoms with Crippen LogP contribution in [0.15, 0.2) is 0 Å². The number of nitrogens with one attached hydrogen (secondary N) is 1. The summed E-state index contributed by atoms with van der Waals surface area (Å²) in [4.78, 5) is 27.6. The van der Waals surface area contributed by atoms with Crippen molar-refractivity contribution in [1.82, 2.24) is 15.1 Å². The number of likely N-dealkylation sites (N-methyl/N-ethyl adjacent to an activating group) is 2. The summed E-state index contributed by atoms with van der Waals surface area (Å²) in [6.07, 6.45) is 2.06. The molecule has 0 bridgehead atoms. The Morgan fingerprint density at radius 3 is 2.40 bits per heavy atom. The van der Waals surface area contributed by atoms with E-state index in [1.165, 1.54) is 12.0 Å². The number of methoxy groups -OCH3 is 1. The summed E-state index contributed by atoms with van der Waals surface area (Å²) in [5.41, 5.74) is 0. The van der Waals surface area contributed by atoms with Crippen molar-refractivity contribution in [1.29, 1.82) is 0 Å². The molecule has 2 atom stereocenters. The number of hydrogen-bond acceptors (Lipinski definition) is 4. The number of piperidine rings is 1. The zero-order valence-corrected chi connectivity index (χ0v) is 13.2. The maximum Gasteiger partial charge on any atom is 0.328 e. The van der Waals surface area contributed by atoms with Gasteiger partial charge in [0.25, 0.3) is 0 Å². The lowest BCUT2D eigenvalue weighted by Crippen LogP contribution is -2.55. The number of esters is 1. The Kier molecular flexibility index (Phi) is 6.26. The van der Waals surface area contributed by atoms with Crippen LogP contribution < -0.4 is 5.32 Å². The van der Waals surface area contributed by atoms with Gasteiger partial charge in [-0.25, -0.2) is 9.59 Å². The lowest BCUT2D eigenvalue weighted by Gasteiger charge is -2.37. The fourth-order valence-electron chi connectivity index (χ4n) is 2.69. The second-order valence-corrected chi connectivity index (χ2v) is 5.72. The minimum Gasteiger partial charge on any atom is -0.467 e. The average Bonchev–Trinajstić information content (AvgIpc) is 2.46. The van der Waals surface area contributed by atoms with E-state index in [0.717, 1.165) is 25.9 Å². The van der Waals surface area contributed by atoms with Gasteiger partial charge in [0, 0.05) is 26.7 Å². The van der Waals surface area contributed by atoms with Crippen molar-refractivity contribution in [3.8, 4) is 0 Å². The van der Waals surface area contributed by atoms with Gasteiger partial charge in [0.05, 0.1) is 7.11 Å². The van der Waals surface area contributed by atoms with Crippen LogP contribution in [0.25, 0.3) is 0 Å². The molecule has 0 aromatic carbocycles. The van der Waals surface area contributed by atoms with Crippen molar-refractivity contribution in [2.75, 3.05) is 34.3 Å². The molecule has 0 aromatic heterocycles. The van der Waals surface area contributed by atoms with Gasteiger partial charge in [-0.05, 0) is 25.3 Å². The summed E-state index contributed by atoms with van der Waals surface area (Å²) < 4.78 is 4.81. The molecule has 1 N–H and O–H groups in total. The van der Waals surface area contributed by atoms with Crippen LogP contribution in [0.2, 0.25) is 0 Å². The summed E-state index contributed by atoms with van der Waals surface area (Å²) in [5, 5.41) is 3.29. The fraction of sp³-hybridized carbons (Fsp3) is 0.857. The Bertz CT molecular complexity index is 341. The molecule has 1 aliphatic heterocycles. The van der Waals surface area contributed by atoms with E-state index in [9.17, 15) is 9.59 Å². The number of urea groups is 1. The highest BCUT2D eigenvalue weighted by Crippen LogP contribution is 2.16. The smallest absolute Gasteiger partial charge is 0.328 e. The summed E-state index contributed by atoms with van der Waals surface area (Å²) >= 11 is 0. The number of nitrogens with zero attached hydrogens (tertiary/aromatic N) is 2. The van der Waals surface area contributed by atoms with Gasteiger partial charge < -0.3 is 19.9 Å². The molecule has 0 spiro atoms. The number of amides is 2. The standard InChI is InChI=1S/C14H27N3O3/c1-10(2)12(13(18)20-5)17(4)14(19)16(3)11-7-6-8-15-9-11/h10-12,15H,6-9H2,1-5H3/t11-,12-/m0/s1. The minimum absolute atomic E-state index is 0.00859. The maximum atomic E-state index is 12.5. The average molecular weight is 285 g/mol. The zero-order valence-electron chi connectivity index (χ0n) is 13.2. The SMILES string of the molecule is COC(=O)[C@H](C(C)C)N(C)C(=O)N(C)[C@H]1CCCNC1. The van der Waals surface area contributed by atoms with Crippen LogP contribution in [0.3, 0.4) is 0 Å². The fourth-order valence-corrected chi connectivity index (χ4v) is 2.69. The number of ether oxygens (including phenoxy) is 1. The number of hydrogen-bond donors (Lipinski definition) is 1. The summed E-state index contributed by atoms with van der Waals surface area (Å²) in [6.45, 7) is 5.63. The van der Waals surface area contributed by atoms with Crippen molar-refractivity contribution in [3.05, 3.63) is 0 Å². The van der Waals surface area contributed by atoms with Crippen LogP contribution >= 0.6 is 0 Å². The van der Waals surface area contributed by atoms with Crippen LogP contribution in [0, 0.1) is 5.92 Å². The second-order valence-electron chi connectivity index (χ2n) is 5.72. The van der Waals surface area contributed by atoms with Crippen LogP contribution in [0.4, 0.5) is 4.79 Å². The van der Waals surface area contributed by atoms with Crippen LogP contribution in [-0.4, -0.2) is 68.2 Å². The van der Waals surface area contributed by atoms with E-state index in [2.05, 4.69) is 5.32 Å². The molecule has 1 rings (SSSR count). The summed E-state index contributed by atoms with van der Waals surface area (Å²) in [5.74, 6) is -0.361. The van der Waals surface area contributed by atoms with E-state index < -0.39 is 6.04 Å². The lowest BCUT2D eigenvalue weighted by atomic mass is 10.0. The summed E-state index contributed by atoms with van der Waals surface area (Å²) in [6, 6.07) is -0.501. The molecule has 6 heteroatoms. The van der Waals surface area contributed by atoms with Crippen molar-refractivity contribution >= 4 is 12.0 Å². The highest BCUT2D eigenvalue weighted by molar-refractivity contribution is 5.83. The molecule has 0 aliphatic carbocycles. The second kappa shape index (κ2) is 7.47. The van der Waals surface area contributed by atoms with Crippen molar-refractivity contribution in [3.63, 3.8) is 0 Å². The summed E-state index contributed by atoms with van der Waals surface area (Å²) in [7, 11) is 4.81. The van der Waals surface area contributed by atoms with Gasteiger partial charge in [-0.1, -0.05) is 13.8 Å². The molecule has 6 nitrogen and oxygen atoms in total. The molecule has 1 aliphatic rings. The predicted octanol–water partition coefficient (Wildman–Crippen LogP) is 0.920. The first-order chi connectivity index (χ1) is 9.40. The Balaban J connectivity index is 2.74. The molecular formula is C14H27N3O3. The molecule has 0 unspecified atom stereocenters. The highest BCUT2D eigenvalue weighted by atomic mass is 16.5. The first-order valence-corrected chi connectivity index (χ1v) is 7.18. The topological polar surface area (TPSA) is 61.9 Å². The van der Waals surface area contributed by atoms with Gasteiger partial charge in [-0.15, -0.1) is 0 Å². The van der Waals surface area contributed by atoms with Gasteiger partial charge >= 0.3 is 12.0 Å². The molecule has 1 saturated heterocycles. The lowest BCUT2D eigenvalue weighted by molar-refractivity contribution is -0.147. The number of rotatable bonds is 4. The molecule has 116 valence electrons. The third-order valence-corrected chi connectivity index (χ3v) is 3.91. The molecule has 1 fully saturated rings.